The van der Waals surface area contributed by atoms with Crippen molar-refractivity contribution >= 4 is 28.8 Å². The van der Waals surface area contributed by atoms with Crippen LogP contribution in [0.5, 0.6) is 0 Å². The molecule has 6 nitrogen and oxygen atoms in total. The molecular weight excluding hydrogens is 386 g/mol. The molecule has 148 valence electrons. The summed E-state index contributed by atoms with van der Waals surface area (Å²) in [5.74, 6) is -0.451. The first-order valence-corrected chi connectivity index (χ1v) is 10.2. The third-order valence-electron chi connectivity index (χ3n) is 4.74. The molecule has 1 aliphatic heterocycles. The quantitative estimate of drug-likeness (QED) is 0.703. The number of nitrogens with zero attached hydrogens (tertiary/aromatic N) is 2. The zero-order chi connectivity index (χ0) is 20.2. The van der Waals surface area contributed by atoms with Crippen molar-refractivity contribution in [2.75, 3.05) is 18.5 Å². The Kier molecular flexibility index (Phi) is 5.69. The van der Waals surface area contributed by atoms with Gasteiger partial charge >= 0.3 is 0 Å². The van der Waals surface area contributed by atoms with Gasteiger partial charge < -0.3 is 15.0 Å². The molecule has 0 bridgehead atoms. The highest BCUT2D eigenvalue weighted by molar-refractivity contribution is 7.09. The lowest BCUT2D eigenvalue weighted by Gasteiger charge is -2.34. The second kappa shape index (κ2) is 8.55. The Bertz CT molecular complexity index is 1020. The SMILES string of the molecule is Cc1nc(-c2cccc(NC(=O)[C@@H]3COCC(=O)N3Cc3ccccc3)c2)cs1. The first-order chi connectivity index (χ1) is 14.1. The maximum Gasteiger partial charge on any atom is 0.249 e. The summed E-state index contributed by atoms with van der Waals surface area (Å²) in [5, 5.41) is 5.91. The smallest absolute Gasteiger partial charge is 0.249 e. The molecule has 1 fully saturated rings. The van der Waals surface area contributed by atoms with Crippen molar-refractivity contribution in [3.8, 4) is 11.3 Å². The van der Waals surface area contributed by atoms with Crippen LogP contribution in [0.3, 0.4) is 0 Å². The molecule has 29 heavy (non-hydrogen) atoms. The number of morpholine rings is 1. The van der Waals surface area contributed by atoms with Gasteiger partial charge in [-0.15, -0.1) is 11.3 Å². The van der Waals surface area contributed by atoms with Crippen molar-refractivity contribution < 1.29 is 14.3 Å². The van der Waals surface area contributed by atoms with Gasteiger partial charge in [0.15, 0.2) is 0 Å². The van der Waals surface area contributed by atoms with Gasteiger partial charge in [-0.05, 0) is 24.6 Å². The largest absolute Gasteiger partial charge is 0.369 e. The van der Waals surface area contributed by atoms with Crippen molar-refractivity contribution in [1.29, 1.82) is 0 Å². The van der Waals surface area contributed by atoms with E-state index in [2.05, 4.69) is 10.3 Å². The minimum absolute atomic E-state index is 0.00469. The molecule has 0 aliphatic carbocycles. The van der Waals surface area contributed by atoms with E-state index in [1.807, 2.05) is 66.9 Å². The molecular formula is C22H21N3O3S. The fourth-order valence-corrected chi connectivity index (χ4v) is 3.90. The van der Waals surface area contributed by atoms with Gasteiger partial charge in [0.2, 0.25) is 11.8 Å². The summed E-state index contributed by atoms with van der Waals surface area (Å²) in [4.78, 5) is 31.5. The van der Waals surface area contributed by atoms with Crippen LogP contribution in [0.2, 0.25) is 0 Å². The number of carbonyl (C=O) groups is 2. The van der Waals surface area contributed by atoms with Gasteiger partial charge in [-0.3, -0.25) is 9.59 Å². The molecule has 1 saturated heterocycles. The van der Waals surface area contributed by atoms with Crippen LogP contribution in [0.4, 0.5) is 5.69 Å². The maximum atomic E-state index is 13.0. The maximum absolute atomic E-state index is 13.0. The lowest BCUT2D eigenvalue weighted by atomic mass is 10.1. The zero-order valence-corrected chi connectivity index (χ0v) is 16.8. The summed E-state index contributed by atoms with van der Waals surface area (Å²) in [7, 11) is 0. The fourth-order valence-electron chi connectivity index (χ4n) is 3.28. The first-order valence-electron chi connectivity index (χ1n) is 9.35. The minimum atomic E-state index is -0.679. The molecule has 0 unspecified atom stereocenters. The van der Waals surface area contributed by atoms with E-state index in [0.29, 0.717) is 12.2 Å². The number of rotatable bonds is 5. The van der Waals surface area contributed by atoms with E-state index in [0.717, 1.165) is 21.8 Å². The van der Waals surface area contributed by atoms with Gasteiger partial charge in [-0.25, -0.2) is 4.98 Å². The summed E-state index contributed by atoms with van der Waals surface area (Å²) >= 11 is 1.58. The molecule has 2 amide bonds. The molecule has 1 aliphatic rings. The molecule has 0 radical (unpaired) electrons. The highest BCUT2D eigenvalue weighted by atomic mass is 32.1. The van der Waals surface area contributed by atoms with Crippen molar-refractivity contribution in [2.45, 2.75) is 19.5 Å². The number of anilines is 1. The Morgan fingerprint density at radius 3 is 2.83 bits per heavy atom. The highest BCUT2D eigenvalue weighted by Crippen LogP contribution is 2.24. The number of benzene rings is 2. The van der Waals surface area contributed by atoms with Crippen LogP contribution >= 0.6 is 11.3 Å². The van der Waals surface area contributed by atoms with Gasteiger partial charge in [0.25, 0.3) is 0 Å². The Morgan fingerprint density at radius 2 is 2.07 bits per heavy atom. The summed E-state index contributed by atoms with van der Waals surface area (Å²) in [6.07, 6.45) is 0. The van der Waals surface area contributed by atoms with Crippen LogP contribution < -0.4 is 5.32 Å². The normalized spacial score (nSPS) is 16.7. The highest BCUT2D eigenvalue weighted by Gasteiger charge is 2.34. The van der Waals surface area contributed by atoms with E-state index in [1.165, 1.54) is 0 Å². The minimum Gasteiger partial charge on any atom is -0.369 e. The van der Waals surface area contributed by atoms with Crippen LogP contribution in [0.15, 0.2) is 60.0 Å². The lowest BCUT2D eigenvalue weighted by molar-refractivity contribution is -0.154. The Labute approximate surface area is 173 Å². The molecule has 1 atom stereocenters. The molecule has 1 N–H and O–H groups in total. The number of hydrogen-bond acceptors (Lipinski definition) is 5. The van der Waals surface area contributed by atoms with Crippen molar-refractivity contribution in [1.82, 2.24) is 9.88 Å². The van der Waals surface area contributed by atoms with Crippen molar-refractivity contribution in [2.24, 2.45) is 0 Å². The van der Waals surface area contributed by atoms with Gasteiger partial charge in [-0.2, -0.15) is 0 Å². The van der Waals surface area contributed by atoms with E-state index in [1.54, 1.807) is 16.2 Å². The molecule has 2 heterocycles. The van der Waals surface area contributed by atoms with E-state index in [9.17, 15) is 9.59 Å². The van der Waals surface area contributed by atoms with E-state index < -0.39 is 6.04 Å². The molecule has 3 aromatic rings. The summed E-state index contributed by atoms with van der Waals surface area (Å²) in [6, 6.07) is 16.5. The van der Waals surface area contributed by atoms with Gasteiger partial charge in [0, 0.05) is 23.2 Å². The standard InChI is InChI=1S/C22H21N3O3S/c1-15-23-19(14-29-15)17-8-5-9-18(10-17)24-22(27)20-12-28-13-21(26)25(20)11-16-6-3-2-4-7-16/h2-10,14,20H,11-13H2,1H3,(H,24,27)/t20-/m0/s1. The summed E-state index contributed by atoms with van der Waals surface area (Å²) < 4.78 is 5.36. The third-order valence-corrected chi connectivity index (χ3v) is 5.51. The fraction of sp³-hybridized carbons (Fsp3) is 0.227. The number of carbonyl (C=O) groups excluding carboxylic acids is 2. The number of amides is 2. The van der Waals surface area contributed by atoms with Crippen LogP contribution in [0.25, 0.3) is 11.3 Å². The number of aryl methyl sites for hydroxylation is 1. The monoisotopic (exact) mass is 407 g/mol. The average molecular weight is 407 g/mol. The second-order valence-electron chi connectivity index (χ2n) is 6.86. The van der Waals surface area contributed by atoms with Crippen molar-refractivity contribution in [3.63, 3.8) is 0 Å². The van der Waals surface area contributed by atoms with Gasteiger partial charge in [0.05, 0.1) is 17.3 Å². The number of ether oxygens (including phenoxy) is 1. The van der Waals surface area contributed by atoms with Crippen LogP contribution in [0.1, 0.15) is 10.6 Å². The molecule has 7 heteroatoms. The van der Waals surface area contributed by atoms with E-state index in [4.69, 9.17) is 4.74 Å². The van der Waals surface area contributed by atoms with Crippen LogP contribution in [-0.2, 0) is 20.9 Å². The Balaban J connectivity index is 1.51. The van der Waals surface area contributed by atoms with Gasteiger partial charge in [-0.1, -0.05) is 42.5 Å². The van der Waals surface area contributed by atoms with Crippen LogP contribution in [0, 0.1) is 6.92 Å². The third kappa shape index (κ3) is 4.52. The molecule has 0 spiro atoms. The predicted octanol–water partition coefficient (Wildman–Crippen LogP) is 3.48. The summed E-state index contributed by atoms with van der Waals surface area (Å²) in [6.45, 7) is 2.51. The van der Waals surface area contributed by atoms with E-state index in [-0.39, 0.29) is 25.0 Å². The Hall–Kier alpha value is -3.03. The number of hydrogen-bond donors (Lipinski definition) is 1. The zero-order valence-electron chi connectivity index (χ0n) is 16.0. The number of thiazole rings is 1. The second-order valence-corrected chi connectivity index (χ2v) is 7.92. The summed E-state index contributed by atoms with van der Waals surface area (Å²) in [5.41, 5.74) is 3.45. The molecule has 2 aromatic carbocycles. The topological polar surface area (TPSA) is 71.5 Å². The Morgan fingerprint density at radius 1 is 1.24 bits per heavy atom. The molecule has 0 saturated carbocycles. The number of aromatic nitrogens is 1. The van der Waals surface area contributed by atoms with Gasteiger partial charge in [0.1, 0.15) is 12.6 Å². The van der Waals surface area contributed by atoms with E-state index >= 15 is 0 Å². The van der Waals surface area contributed by atoms with Crippen molar-refractivity contribution in [3.05, 3.63) is 70.5 Å². The van der Waals surface area contributed by atoms with Crippen LogP contribution in [-0.4, -0.2) is 41.0 Å². The molecule has 4 rings (SSSR count). The number of nitrogens with one attached hydrogen (secondary N) is 1. The predicted molar refractivity (Wildman–Crippen MR) is 113 cm³/mol. The lowest BCUT2D eigenvalue weighted by Crippen LogP contribution is -2.54. The first kappa shape index (κ1) is 19.3. The average Bonchev–Trinajstić information content (AvgIpc) is 3.17. The molecule has 1 aromatic heterocycles.